The van der Waals surface area contributed by atoms with E-state index < -0.39 is 0 Å². The normalized spacial score (nSPS) is 20.3. The van der Waals surface area contributed by atoms with Gasteiger partial charge >= 0.3 is 0 Å². The van der Waals surface area contributed by atoms with Crippen LogP contribution in [0.3, 0.4) is 0 Å². The monoisotopic (exact) mass is 437 g/mol. The van der Waals surface area contributed by atoms with Crippen LogP contribution in [0.15, 0.2) is 42.6 Å². The topological polar surface area (TPSA) is 70.6 Å². The number of rotatable bonds is 7. The number of nitrogens with zero attached hydrogens (tertiary/aromatic N) is 4. The first-order chi connectivity index (χ1) is 15.6. The van der Waals surface area contributed by atoms with E-state index in [1.54, 1.807) is 6.20 Å². The molecule has 0 aromatic carbocycles. The molecule has 3 heterocycles. The second-order valence-electron chi connectivity index (χ2n) is 9.07. The minimum atomic E-state index is -0.149. The quantitative estimate of drug-likeness (QED) is 0.701. The predicted octanol–water partition coefficient (Wildman–Crippen LogP) is 4.16. The summed E-state index contributed by atoms with van der Waals surface area (Å²) in [6.07, 6.45) is 7.63. The smallest absolute Gasteiger partial charge is 0.237 e. The van der Waals surface area contributed by atoms with E-state index in [9.17, 15) is 4.79 Å². The molecule has 1 N–H and O–H groups in total. The third-order valence-corrected chi connectivity index (χ3v) is 6.34. The van der Waals surface area contributed by atoms with Gasteiger partial charge in [0.05, 0.1) is 18.8 Å². The molecular formula is C25H35N5O2. The molecule has 2 aromatic rings. The molecular weight excluding hydrogens is 402 g/mol. The summed E-state index contributed by atoms with van der Waals surface area (Å²) in [5, 5.41) is 3.24. The Hall–Kier alpha value is -2.51. The summed E-state index contributed by atoms with van der Waals surface area (Å²) in [6.45, 7) is 6.76. The molecule has 2 fully saturated rings. The van der Waals surface area contributed by atoms with Crippen LogP contribution in [0.1, 0.15) is 57.7 Å². The van der Waals surface area contributed by atoms with E-state index >= 15 is 0 Å². The molecule has 1 atom stereocenters. The Kier molecular flexibility index (Phi) is 7.71. The maximum atomic E-state index is 13.3. The Morgan fingerprint density at radius 2 is 1.97 bits per heavy atom. The predicted molar refractivity (Wildman–Crippen MR) is 126 cm³/mol. The minimum absolute atomic E-state index is 0.149. The number of ether oxygens (including phenoxy) is 1. The van der Waals surface area contributed by atoms with E-state index in [2.05, 4.69) is 33.9 Å². The number of hydrogen-bond acceptors (Lipinski definition) is 6. The van der Waals surface area contributed by atoms with Gasteiger partial charge in [-0.05, 0) is 51.0 Å². The molecule has 0 radical (unpaired) electrons. The van der Waals surface area contributed by atoms with E-state index in [1.807, 2.05) is 36.4 Å². The van der Waals surface area contributed by atoms with Gasteiger partial charge in [0, 0.05) is 31.4 Å². The van der Waals surface area contributed by atoms with Crippen LogP contribution in [0, 0.1) is 0 Å². The van der Waals surface area contributed by atoms with Crippen LogP contribution in [0.5, 0.6) is 0 Å². The standard InChI is InChI=1S/C25H35N5O2/c1-19(2)30(20-9-4-3-5-10-20)25(31)18-29-15-16-32-22(17-29)21-11-8-13-24(27-21)28-23-12-6-7-14-26-23/h6-8,11-14,19-20,22H,3-5,9-10,15-18H2,1-2H3,(H,26,27,28)/t22-/m0/s1. The number of morpholine rings is 1. The average molecular weight is 438 g/mol. The van der Waals surface area contributed by atoms with Crippen LogP contribution in [0.25, 0.3) is 0 Å². The third-order valence-electron chi connectivity index (χ3n) is 6.34. The van der Waals surface area contributed by atoms with E-state index in [-0.39, 0.29) is 18.1 Å². The maximum absolute atomic E-state index is 13.3. The molecule has 1 saturated carbocycles. The van der Waals surface area contributed by atoms with E-state index in [0.717, 1.165) is 36.7 Å². The SMILES string of the molecule is CC(C)N(C(=O)CN1CCO[C@H](c2cccc(Nc3ccccn3)n2)C1)C1CCCCC1. The lowest BCUT2D eigenvalue weighted by molar-refractivity contribution is -0.139. The Morgan fingerprint density at radius 1 is 1.16 bits per heavy atom. The lowest BCUT2D eigenvalue weighted by atomic mass is 9.93. The number of pyridine rings is 2. The van der Waals surface area contributed by atoms with Gasteiger partial charge in [0.15, 0.2) is 0 Å². The zero-order valence-corrected chi connectivity index (χ0v) is 19.2. The number of carbonyl (C=O) groups is 1. The zero-order valence-electron chi connectivity index (χ0n) is 19.2. The summed E-state index contributed by atoms with van der Waals surface area (Å²) in [5.74, 6) is 1.73. The first-order valence-electron chi connectivity index (χ1n) is 11.9. The third kappa shape index (κ3) is 5.84. The number of nitrogens with one attached hydrogen (secondary N) is 1. The van der Waals surface area contributed by atoms with Crippen LogP contribution < -0.4 is 5.32 Å². The fourth-order valence-electron chi connectivity index (χ4n) is 4.84. The van der Waals surface area contributed by atoms with Crippen molar-refractivity contribution in [3.63, 3.8) is 0 Å². The highest BCUT2D eigenvalue weighted by Crippen LogP contribution is 2.26. The Bertz CT molecular complexity index is 870. The number of amides is 1. The molecule has 1 amide bonds. The van der Waals surface area contributed by atoms with Crippen molar-refractivity contribution in [1.82, 2.24) is 19.8 Å². The van der Waals surface area contributed by atoms with Gasteiger partial charge in [-0.3, -0.25) is 9.69 Å². The largest absolute Gasteiger partial charge is 0.369 e. The molecule has 7 heteroatoms. The van der Waals surface area contributed by atoms with Crippen molar-refractivity contribution in [3.8, 4) is 0 Å². The summed E-state index contributed by atoms with van der Waals surface area (Å²) in [7, 11) is 0. The van der Waals surface area contributed by atoms with Crippen molar-refractivity contribution in [1.29, 1.82) is 0 Å². The van der Waals surface area contributed by atoms with E-state index in [0.29, 0.717) is 25.7 Å². The number of hydrogen-bond donors (Lipinski definition) is 1. The van der Waals surface area contributed by atoms with Gasteiger partial charge in [0.1, 0.15) is 17.7 Å². The Morgan fingerprint density at radius 3 is 2.72 bits per heavy atom. The average Bonchev–Trinajstić information content (AvgIpc) is 2.81. The van der Waals surface area contributed by atoms with Crippen LogP contribution in [0.2, 0.25) is 0 Å². The van der Waals surface area contributed by atoms with Crippen LogP contribution in [-0.4, -0.2) is 64.0 Å². The summed E-state index contributed by atoms with van der Waals surface area (Å²) >= 11 is 0. The lowest BCUT2D eigenvalue weighted by Crippen LogP contribution is -2.51. The number of anilines is 2. The molecule has 172 valence electrons. The van der Waals surface area contributed by atoms with E-state index in [1.165, 1.54) is 19.3 Å². The molecule has 2 aromatic heterocycles. The van der Waals surface area contributed by atoms with Crippen molar-refractivity contribution < 1.29 is 9.53 Å². The van der Waals surface area contributed by atoms with Crippen molar-refractivity contribution in [3.05, 3.63) is 48.3 Å². The molecule has 0 bridgehead atoms. The van der Waals surface area contributed by atoms with Gasteiger partial charge in [-0.1, -0.05) is 31.4 Å². The van der Waals surface area contributed by atoms with Crippen molar-refractivity contribution in [2.75, 3.05) is 31.6 Å². The van der Waals surface area contributed by atoms with Gasteiger partial charge in [0.25, 0.3) is 0 Å². The highest BCUT2D eigenvalue weighted by molar-refractivity contribution is 5.79. The fraction of sp³-hybridized carbons (Fsp3) is 0.560. The summed E-state index contributed by atoms with van der Waals surface area (Å²) in [4.78, 5) is 26.7. The molecule has 1 saturated heterocycles. The number of carbonyl (C=O) groups excluding carboxylic acids is 1. The Labute approximate surface area is 191 Å². The molecule has 32 heavy (non-hydrogen) atoms. The second-order valence-corrected chi connectivity index (χ2v) is 9.07. The van der Waals surface area contributed by atoms with Crippen LogP contribution >= 0.6 is 0 Å². The van der Waals surface area contributed by atoms with E-state index in [4.69, 9.17) is 9.72 Å². The molecule has 0 unspecified atom stereocenters. The van der Waals surface area contributed by atoms with Crippen LogP contribution in [0.4, 0.5) is 11.6 Å². The van der Waals surface area contributed by atoms with Gasteiger partial charge in [-0.15, -0.1) is 0 Å². The van der Waals surface area contributed by atoms with Crippen molar-refractivity contribution >= 4 is 17.5 Å². The highest BCUT2D eigenvalue weighted by Gasteiger charge is 2.31. The van der Waals surface area contributed by atoms with Crippen LogP contribution in [-0.2, 0) is 9.53 Å². The first-order valence-corrected chi connectivity index (χ1v) is 11.9. The first kappa shape index (κ1) is 22.7. The molecule has 7 nitrogen and oxygen atoms in total. The molecule has 2 aliphatic rings. The van der Waals surface area contributed by atoms with Gasteiger partial charge in [-0.2, -0.15) is 0 Å². The molecule has 1 aliphatic heterocycles. The molecule has 1 aliphatic carbocycles. The maximum Gasteiger partial charge on any atom is 0.237 e. The zero-order chi connectivity index (χ0) is 22.3. The summed E-state index contributed by atoms with van der Waals surface area (Å²) < 4.78 is 6.03. The van der Waals surface area contributed by atoms with Crippen molar-refractivity contribution in [2.24, 2.45) is 0 Å². The molecule has 0 spiro atoms. The molecule has 4 rings (SSSR count). The summed E-state index contributed by atoms with van der Waals surface area (Å²) in [6, 6.07) is 12.2. The second kappa shape index (κ2) is 10.9. The lowest BCUT2D eigenvalue weighted by Gasteiger charge is -2.39. The van der Waals surface area contributed by atoms with Gasteiger partial charge in [-0.25, -0.2) is 9.97 Å². The number of aromatic nitrogens is 2. The summed E-state index contributed by atoms with van der Waals surface area (Å²) in [5.41, 5.74) is 0.871. The highest BCUT2D eigenvalue weighted by atomic mass is 16.5. The van der Waals surface area contributed by atoms with Gasteiger partial charge in [0.2, 0.25) is 5.91 Å². The fourth-order valence-corrected chi connectivity index (χ4v) is 4.84. The van der Waals surface area contributed by atoms with Crippen molar-refractivity contribution in [2.45, 2.75) is 64.1 Å². The Balaban J connectivity index is 1.38. The minimum Gasteiger partial charge on any atom is -0.369 e. The van der Waals surface area contributed by atoms with Gasteiger partial charge < -0.3 is 15.0 Å².